The fourth-order valence-electron chi connectivity index (χ4n) is 4.35. The number of halogens is 1. The number of ether oxygens (including phenoxy) is 1. The van der Waals surface area contributed by atoms with Crippen LogP contribution in [-0.2, 0) is 26.2 Å². The van der Waals surface area contributed by atoms with Crippen LogP contribution < -0.4 is 14.4 Å². The third-order valence-electron chi connectivity index (χ3n) is 6.56. The molecule has 3 aromatic carbocycles. The number of carbonyl (C=O) groups excluding carboxylic acids is 2. The second kappa shape index (κ2) is 15.6. The Labute approximate surface area is 252 Å². The van der Waals surface area contributed by atoms with Crippen LogP contribution in [0, 0.1) is 5.82 Å². The van der Waals surface area contributed by atoms with Gasteiger partial charge in [0.05, 0.1) is 17.2 Å². The van der Waals surface area contributed by atoms with Crippen LogP contribution in [0.25, 0.3) is 0 Å². The van der Waals surface area contributed by atoms with E-state index in [-0.39, 0.29) is 23.0 Å². The van der Waals surface area contributed by atoms with Gasteiger partial charge in [0.1, 0.15) is 24.2 Å². The number of anilines is 1. The number of thioether (sulfide) groups is 1. The summed E-state index contributed by atoms with van der Waals surface area (Å²) in [5.74, 6) is -0.774. The van der Waals surface area contributed by atoms with Crippen molar-refractivity contribution in [2.45, 2.75) is 56.0 Å². The standard InChI is InChI=1S/C31H38FN3O5S2/c1-5-20-33-31(37)29(6-2)34(21-23-8-10-24(32)11-9-23)30(36)22-35(25-12-14-26(15-13-25)40-7-3)42(38,39)28-18-16-27(41-4)17-19-28/h8-19,29H,5-7,20-22H2,1-4H3,(H,33,37)/t29-/m1/s1. The fourth-order valence-corrected chi connectivity index (χ4v) is 6.17. The van der Waals surface area contributed by atoms with Crippen molar-refractivity contribution in [1.29, 1.82) is 0 Å². The molecule has 0 bridgehead atoms. The quantitative estimate of drug-likeness (QED) is 0.228. The largest absolute Gasteiger partial charge is 0.494 e. The maximum atomic E-state index is 14.1. The van der Waals surface area contributed by atoms with Gasteiger partial charge in [0.25, 0.3) is 10.0 Å². The molecular formula is C31H38FN3O5S2. The van der Waals surface area contributed by atoms with Crippen molar-refractivity contribution >= 4 is 39.3 Å². The molecular weight excluding hydrogens is 577 g/mol. The third kappa shape index (κ3) is 8.48. The SMILES string of the molecule is CCCNC(=O)[C@@H](CC)N(Cc1ccc(F)cc1)C(=O)CN(c1ccc(OCC)cc1)S(=O)(=O)c1ccc(SC)cc1. The van der Waals surface area contributed by atoms with Gasteiger partial charge in [-0.05, 0) is 92.2 Å². The number of carbonyl (C=O) groups is 2. The van der Waals surface area contributed by atoms with Crippen molar-refractivity contribution in [3.05, 3.63) is 84.2 Å². The molecule has 0 aliphatic heterocycles. The highest BCUT2D eigenvalue weighted by atomic mass is 32.2. The van der Waals surface area contributed by atoms with E-state index in [1.54, 1.807) is 55.5 Å². The van der Waals surface area contributed by atoms with Gasteiger partial charge in [-0.2, -0.15) is 0 Å². The summed E-state index contributed by atoms with van der Waals surface area (Å²) >= 11 is 1.48. The topological polar surface area (TPSA) is 96.0 Å². The van der Waals surface area contributed by atoms with Crippen molar-refractivity contribution in [2.24, 2.45) is 0 Å². The van der Waals surface area contributed by atoms with Crippen LogP contribution in [0.3, 0.4) is 0 Å². The van der Waals surface area contributed by atoms with E-state index in [4.69, 9.17) is 4.74 Å². The molecule has 11 heteroatoms. The smallest absolute Gasteiger partial charge is 0.264 e. The number of nitrogens with zero attached hydrogens (tertiary/aromatic N) is 2. The number of benzene rings is 3. The van der Waals surface area contributed by atoms with Crippen molar-refractivity contribution in [3.63, 3.8) is 0 Å². The first-order chi connectivity index (χ1) is 20.1. The van der Waals surface area contributed by atoms with Gasteiger partial charge >= 0.3 is 0 Å². The summed E-state index contributed by atoms with van der Waals surface area (Å²) in [7, 11) is -4.19. The molecule has 226 valence electrons. The van der Waals surface area contributed by atoms with Gasteiger partial charge in [-0.3, -0.25) is 13.9 Å². The summed E-state index contributed by atoms with van der Waals surface area (Å²) in [5.41, 5.74) is 0.876. The van der Waals surface area contributed by atoms with Crippen LogP contribution in [0.2, 0.25) is 0 Å². The fraction of sp³-hybridized carbons (Fsp3) is 0.355. The number of hydrogen-bond donors (Lipinski definition) is 1. The predicted octanol–water partition coefficient (Wildman–Crippen LogP) is 5.48. The molecule has 0 saturated heterocycles. The minimum Gasteiger partial charge on any atom is -0.494 e. The second-order valence-corrected chi connectivity index (χ2v) is 12.2. The molecule has 1 atom stereocenters. The van der Waals surface area contributed by atoms with Gasteiger partial charge in [-0.1, -0.05) is 26.0 Å². The van der Waals surface area contributed by atoms with E-state index >= 15 is 0 Å². The highest BCUT2D eigenvalue weighted by Gasteiger charge is 2.33. The van der Waals surface area contributed by atoms with E-state index in [9.17, 15) is 22.4 Å². The second-order valence-electron chi connectivity index (χ2n) is 9.48. The number of nitrogens with one attached hydrogen (secondary N) is 1. The Hall–Kier alpha value is -3.57. The lowest BCUT2D eigenvalue weighted by Crippen LogP contribution is -2.52. The number of rotatable bonds is 15. The Morgan fingerprint density at radius 2 is 1.60 bits per heavy atom. The molecule has 42 heavy (non-hydrogen) atoms. The molecule has 0 aliphatic carbocycles. The van der Waals surface area contributed by atoms with E-state index in [0.717, 1.165) is 9.20 Å². The summed E-state index contributed by atoms with van der Waals surface area (Å²) in [6.07, 6.45) is 2.91. The molecule has 0 heterocycles. The molecule has 0 fully saturated rings. The number of hydrogen-bond acceptors (Lipinski definition) is 6. The Kier molecular flexibility index (Phi) is 12.2. The van der Waals surface area contributed by atoms with Gasteiger partial charge < -0.3 is 15.0 Å². The lowest BCUT2D eigenvalue weighted by Gasteiger charge is -2.33. The molecule has 0 radical (unpaired) electrons. The van der Waals surface area contributed by atoms with Gasteiger partial charge in [0.2, 0.25) is 11.8 Å². The highest BCUT2D eigenvalue weighted by Crippen LogP contribution is 2.28. The summed E-state index contributed by atoms with van der Waals surface area (Å²) in [5, 5.41) is 2.84. The number of amides is 2. The van der Waals surface area contributed by atoms with Crippen molar-refractivity contribution in [3.8, 4) is 5.75 Å². The molecule has 0 spiro atoms. The van der Waals surface area contributed by atoms with Gasteiger partial charge in [0.15, 0.2) is 0 Å². The maximum Gasteiger partial charge on any atom is 0.264 e. The summed E-state index contributed by atoms with van der Waals surface area (Å²) in [4.78, 5) is 29.5. The summed E-state index contributed by atoms with van der Waals surface area (Å²) in [6.45, 7) is 5.88. The zero-order valence-electron chi connectivity index (χ0n) is 24.4. The first kappa shape index (κ1) is 32.9. The molecule has 0 unspecified atom stereocenters. The van der Waals surface area contributed by atoms with Crippen LogP contribution in [0.5, 0.6) is 5.75 Å². The summed E-state index contributed by atoms with van der Waals surface area (Å²) < 4.78 is 48.2. The molecule has 8 nitrogen and oxygen atoms in total. The third-order valence-corrected chi connectivity index (χ3v) is 9.09. The monoisotopic (exact) mass is 615 g/mol. The summed E-state index contributed by atoms with van der Waals surface area (Å²) in [6, 6.07) is 17.7. The van der Waals surface area contributed by atoms with Crippen LogP contribution in [0.4, 0.5) is 10.1 Å². The Morgan fingerprint density at radius 1 is 0.952 bits per heavy atom. The Bertz CT molecular complexity index is 1420. The first-order valence-electron chi connectivity index (χ1n) is 13.9. The van der Waals surface area contributed by atoms with E-state index < -0.39 is 34.3 Å². The van der Waals surface area contributed by atoms with Crippen LogP contribution in [0.1, 0.15) is 39.2 Å². The molecule has 0 saturated carbocycles. The minimum absolute atomic E-state index is 0.00322. The molecule has 1 N–H and O–H groups in total. The van der Waals surface area contributed by atoms with Crippen molar-refractivity contribution in [2.75, 3.05) is 30.3 Å². The number of sulfonamides is 1. The zero-order chi connectivity index (χ0) is 30.7. The Morgan fingerprint density at radius 3 is 2.14 bits per heavy atom. The highest BCUT2D eigenvalue weighted by molar-refractivity contribution is 7.98. The average Bonchev–Trinajstić information content (AvgIpc) is 3.00. The van der Waals surface area contributed by atoms with Crippen LogP contribution >= 0.6 is 11.8 Å². The first-order valence-corrected chi connectivity index (χ1v) is 16.5. The van der Waals surface area contributed by atoms with E-state index in [1.807, 2.05) is 20.1 Å². The Balaban J connectivity index is 2.05. The van der Waals surface area contributed by atoms with Crippen LogP contribution in [0.15, 0.2) is 82.6 Å². The molecule has 0 aliphatic rings. The molecule has 0 aromatic heterocycles. The van der Waals surface area contributed by atoms with Gasteiger partial charge in [0, 0.05) is 18.0 Å². The average molecular weight is 616 g/mol. The van der Waals surface area contributed by atoms with Crippen molar-refractivity contribution < 1.29 is 27.1 Å². The van der Waals surface area contributed by atoms with E-state index in [1.165, 1.54) is 40.9 Å². The van der Waals surface area contributed by atoms with E-state index in [0.29, 0.717) is 37.3 Å². The van der Waals surface area contributed by atoms with Gasteiger partial charge in [-0.25, -0.2) is 12.8 Å². The molecule has 3 aromatic rings. The normalized spacial score (nSPS) is 11.9. The zero-order valence-corrected chi connectivity index (χ0v) is 26.0. The van der Waals surface area contributed by atoms with Crippen LogP contribution in [-0.4, -0.2) is 57.1 Å². The maximum absolute atomic E-state index is 14.1. The lowest BCUT2D eigenvalue weighted by atomic mass is 10.1. The van der Waals surface area contributed by atoms with Crippen molar-refractivity contribution in [1.82, 2.24) is 10.2 Å². The predicted molar refractivity (Wildman–Crippen MR) is 165 cm³/mol. The van der Waals surface area contributed by atoms with Gasteiger partial charge in [-0.15, -0.1) is 11.8 Å². The lowest BCUT2D eigenvalue weighted by molar-refractivity contribution is -0.140. The van der Waals surface area contributed by atoms with E-state index in [2.05, 4.69) is 5.32 Å². The minimum atomic E-state index is -4.19. The molecule has 3 rings (SSSR count). The molecule has 2 amide bonds.